The normalized spacial score (nSPS) is 12.3. The van der Waals surface area contributed by atoms with Crippen molar-refractivity contribution in [3.63, 3.8) is 0 Å². The second-order valence-corrected chi connectivity index (χ2v) is 7.10. The Balaban J connectivity index is 1.92. The molecule has 1 aromatic heterocycles. The number of rotatable bonds is 8. The lowest BCUT2D eigenvalue weighted by molar-refractivity contribution is 0.263. The molecule has 0 aliphatic carbocycles. The van der Waals surface area contributed by atoms with Gasteiger partial charge in [0.05, 0.1) is 0 Å². The van der Waals surface area contributed by atoms with Gasteiger partial charge in [-0.1, -0.05) is 18.5 Å². The molecular formula is C16H19BrClNOS. The molecule has 0 aliphatic rings. The van der Waals surface area contributed by atoms with Crippen molar-refractivity contribution in [3.05, 3.63) is 50.1 Å². The van der Waals surface area contributed by atoms with Gasteiger partial charge in [-0.05, 0) is 64.6 Å². The molecule has 1 heterocycles. The van der Waals surface area contributed by atoms with Crippen molar-refractivity contribution in [1.29, 1.82) is 0 Å². The van der Waals surface area contributed by atoms with Gasteiger partial charge in [0.2, 0.25) is 0 Å². The minimum absolute atomic E-state index is 0.301. The molecular weight excluding hydrogens is 370 g/mol. The van der Waals surface area contributed by atoms with E-state index >= 15 is 0 Å². The summed E-state index contributed by atoms with van der Waals surface area (Å²) in [6.45, 7) is 3.81. The molecule has 0 saturated carbocycles. The summed E-state index contributed by atoms with van der Waals surface area (Å²) in [5, 5.41) is 6.39. The maximum atomic E-state index is 5.88. The quantitative estimate of drug-likeness (QED) is 0.675. The number of halogens is 2. The van der Waals surface area contributed by atoms with Gasteiger partial charge < -0.3 is 10.1 Å². The Labute approximate surface area is 143 Å². The third-order valence-electron chi connectivity index (χ3n) is 3.07. The number of thiophene rings is 1. The van der Waals surface area contributed by atoms with E-state index in [-0.39, 0.29) is 0 Å². The van der Waals surface area contributed by atoms with Gasteiger partial charge in [-0.15, -0.1) is 11.3 Å². The van der Waals surface area contributed by atoms with Crippen LogP contribution in [0.25, 0.3) is 0 Å². The molecule has 2 rings (SSSR count). The van der Waals surface area contributed by atoms with Crippen molar-refractivity contribution in [2.24, 2.45) is 0 Å². The van der Waals surface area contributed by atoms with Crippen molar-refractivity contribution in [2.45, 2.75) is 25.8 Å². The molecule has 1 unspecified atom stereocenters. The van der Waals surface area contributed by atoms with E-state index < -0.39 is 0 Å². The van der Waals surface area contributed by atoms with Gasteiger partial charge >= 0.3 is 0 Å². The lowest BCUT2D eigenvalue weighted by Gasteiger charge is -2.19. The fourth-order valence-electron chi connectivity index (χ4n) is 1.96. The molecule has 0 aliphatic heterocycles. The summed E-state index contributed by atoms with van der Waals surface area (Å²) in [6, 6.07) is 9.90. The van der Waals surface area contributed by atoms with Crippen molar-refractivity contribution in [2.75, 3.05) is 13.2 Å². The minimum Gasteiger partial charge on any atom is -0.492 e. The van der Waals surface area contributed by atoms with E-state index in [1.54, 1.807) is 11.3 Å². The smallest absolute Gasteiger partial charge is 0.119 e. The number of hydrogen-bond donors (Lipinski definition) is 1. The van der Waals surface area contributed by atoms with Crippen LogP contribution in [0.2, 0.25) is 5.02 Å². The van der Waals surface area contributed by atoms with Crippen LogP contribution < -0.4 is 10.1 Å². The highest BCUT2D eigenvalue weighted by molar-refractivity contribution is 9.10. The zero-order chi connectivity index (χ0) is 15.1. The molecule has 114 valence electrons. The number of benzene rings is 1. The minimum atomic E-state index is 0.301. The molecule has 0 radical (unpaired) electrons. The molecule has 2 nitrogen and oxygen atoms in total. The van der Waals surface area contributed by atoms with E-state index in [4.69, 9.17) is 16.3 Å². The summed E-state index contributed by atoms with van der Waals surface area (Å²) < 4.78 is 7.06. The predicted molar refractivity (Wildman–Crippen MR) is 94.8 cm³/mol. The van der Waals surface area contributed by atoms with Crippen LogP contribution in [0.15, 0.2) is 40.2 Å². The van der Waals surface area contributed by atoms with E-state index in [1.807, 2.05) is 24.3 Å². The van der Waals surface area contributed by atoms with Crippen LogP contribution in [0, 0.1) is 0 Å². The SMILES string of the molecule is CCCNC(COc1ccc(Cl)cc1)Cc1sccc1Br. The van der Waals surface area contributed by atoms with E-state index in [0.29, 0.717) is 12.6 Å². The van der Waals surface area contributed by atoms with Crippen molar-refractivity contribution < 1.29 is 4.74 Å². The topological polar surface area (TPSA) is 21.3 Å². The van der Waals surface area contributed by atoms with Crippen LogP contribution in [0.4, 0.5) is 0 Å². The fourth-order valence-corrected chi connectivity index (χ4v) is 3.68. The third-order valence-corrected chi connectivity index (χ3v) is 5.27. The summed E-state index contributed by atoms with van der Waals surface area (Å²) in [7, 11) is 0. The van der Waals surface area contributed by atoms with Crippen LogP contribution >= 0.6 is 38.9 Å². The zero-order valence-electron chi connectivity index (χ0n) is 11.9. The maximum Gasteiger partial charge on any atom is 0.119 e. The van der Waals surface area contributed by atoms with Crippen molar-refractivity contribution in [1.82, 2.24) is 5.32 Å². The van der Waals surface area contributed by atoms with E-state index in [9.17, 15) is 0 Å². The molecule has 0 bridgehead atoms. The summed E-state index contributed by atoms with van der Waals surface area (Å²) in [5.41, 5.74) is 0. The lowest BCUT2D eigenvalue weighted by Crippen LogP contribution is -2.37. The van der Waals surface area contributed by atoms with Crippen LogP contribution in [-0.4, -0.2) is 19.2 Å². The van der Waals surface area contributed by atoms with Crippen LogP contribution in [0.1, 0.15) is 18.2 Å². The maximum absolute atomic E-state index is 5.88. The molecule has 0 amide bonds. The second-order valence-electron chi connectivity index (χ2n) is 4.81. The Kier molecular flexibility index (Phi) is 7.04. The Hall–Kier alpha value is -0.550. The van der Waals surface area contributed by atoms with Crippen LogP contribution in [-0.2, 0) is 6.42 Å². The van der Waals surface area contributed by atoms with Gasteiger partial charge in [0, 0.05) is 26.8 Å². The first kappa shape index (κ1) is 16.8. The zero-order valence-corrected chi connectivity index (χ0v) is 15.1. The monoisotopic (exact) mass is 387 g/mol. The largest absolute Gasteiger partial charge is 0.492 e. The average Bonchev–Trinajstić information content (AvgIpc) is 2.89. The predicted octanol–water partition coefficient (Wildman–Crippen LogP) is 5.15. The van der Waals surface area contributed by atoms with Crippen molar-refractivity contribution in [3.8, 4) is 5.75 Å². The highest BCUT2D eigenvalue weighted by atomic mass is 79.9. The molecule has 2 aromatic rings. The summed E-state index contributed by atoms with van der Waals surface area (Å²) in [6.07, 6.45) is 2.08. The van der Waals surface area contributed by atoms with Gasteiger partial charge in [0.25, 0.3) is 0 Å². The number of hydrogen-bond acceptors (Lipinski definition) is 3. The molecule has 1 atom stereocenters. The van der Waals surface area contributed by atoms with E-state index in [1.165, 1.54) is 9.35 Å². The van der Waals surface area contributed by atoms with E-state index in [0.717, 1.165) is 30.2 Å². The standard InChI is InChI=1S/C16H19BrClNOS/c1-2-8-19-13(10-16-15(17)7-9-21-16)11-20-14-5-3-12(18)4-6-14/h3-7,9,13,19H,2,8,10-11H2,1H3. The van der Waals surface area contributed by atoms with Crippen molar-refractivity contribution >= 4 is 38.9 Å². The van der Waals surface area contributed by atoms with E-state index in [2.05, 4.69) is 39.6 Å². The summed E-state index contributed by atoms with van der Waals surface area (Å²) in [4.78, 5) is 1.35. The summed E-state index contributed by atoms with van der Waals surface area (Å²) >= 11 is 11.3. The van der Waals surface area contributed by atoms with Gasteiger partial charge in [-0.3, -0.25) is 0 Å². The molecule has 5 heteroatoms. The second kappa shape index (κ2) is 8.79. The third kappa shape index (κ3) is 5.62. The first-order valence-electron chi connectivity index (χ1n) is 7.02. The lowest BCUT2D eigenvalue weighted by atomic mass is 10.2. The first-order chi connectivity index (χ1) is 10.2. The first-order valence-corrected chi connectivity index (χ1v) is 9.07. The number of ether oxygens (including phenoxy) is 1. The Morgan fingerprint density at radius 1 is 1.29 bits per heavy atom. The molecule has 0 fully saturated rings. The number of nitrogens with one attached hydrogen (secondary N) is 1. The molecule has 0 saturated heterocycles. The van der Waals surface area contributed by atoms with Gasteiger partial charge in [0.1, 0.15) is 12.4 Å². The average molecular weight is 389 g/mol. The van der Waals surface area contributed by atoms with Gasteiger partial charge in [-0.2, -0.15) is 0 Å². The fraction of sp³-hybridized carbons (Fsp3) is 0.375. The van der Waals surface area contributed by atoms with Crippen LogP contribution in [0.3, 0.4) is 0 Å². The molecule has 1 aromatic carbocycles. The Morgan fingerprint density at radius 2 is 2.05 bits per heavy atom. The molecule has 0 spiro atoms. The Bertz CT molecular complexity index is 543. The van der Waals surface area contributed by atoms with Crippen LogP contribution in [0.5, 0.6) is 5.75 Å². The van der Waals surface area contributed by atoms with Gasteiger partial charge in [-0.25, -0.2) is 0 Å². The molecule has 21 heavy (non-hydrogen) atoms. The highest BCUT2D eigenvalue weighted by Crippen LogP contribution is 2.24. The van der Waals surface area contributed by atoms with Gasteiger partial charge in [0.15, 0.2) is 0 Å². The molecule has 1 N–H and O–H groups in total. The highest BCUT2D eigenvalue weighted by Gasteiger charge is 2.13. The summed E-state index contributed by atoms with van der Waals surface area (Å²) in [5.74, 6) is 0.855. The Morgan fingerprint density at radius 3 is 2.67 bits per heavy atom.